The molecule has 0 aliphatic heterocycles. The number of nitrogens with two attached hydrogens (primary N) is 1. The van der Waals surface area contributed by atoms with E-state index in [1.165, 1.54) is 24.0 Å². The van der Waals surface area contributed by atoms with Crippen molar-refractivity contribution in [3.05, 3.63) is 35.4 Å². The zero-order chi connectivity index (χ0) is 14.1. The molecular formula is C17H29NO. The van der Waals surface area contributed by atoms with E-state index >= 15 is 0 Å². The van der Waals surface area contributed by atoms with Gasteiger partial charge in [0.15, 0.2) is 0 Å². The summed E-state index contributed by atoms with van der Waals surface area (Å²) in [5, 5.41) is 0. The van der Waals surface area contributed by atoms with Crippen LogP contribution in [0.1, 0.15) is 57.2 Å². The van der Waals surface area contributed by atoms with Crippen LogP contribution in [0.2, 0.25) is 0 Å². The van der Waals surface area contributed by atoms with E-state index in [9.17, 15) is 0 Å². The van der Waals surface area contributed by atoms with Crippen LogP contribution in [0.3, 0.4) is 0 Å². The molecule has 2 N–H and O–H groups in total. The maximum absolute atomic E-state index is 6.14. The fourth-order valence-electron chi connectivity index (χ4n) is 2.12. The fourth-order valence-corrected chi connectivity index (χ4v) is 2.12. The van der Waals surface area contributed by atoms with Crippen molar-refractivity contribution in [1.82, 2.24) is 0 Å². The highest BCUT2D eigenvalue weighted by molar-refractivity contribution is 5.24. The first-order valence-electron chi connectivity index (χ1n) is 7.55. The van der Waals surface area contributed by atoms with Crippen molar-refractivity contribution in [3.63, 3.8) is 0 Å². The zero-order valence-corrected chi connectivity index (χ0v) is 12.7. The van der Waals surface area contributed by atoms with E-state index in [1.807, 2.05) is 0 Å². The highest BCUT2D eigenvalue weighted by atomic mass is 16.5. The van der Waals surface area contributed by atoms with Crippen LogP contribution in [0, 0.1) is 5.92 Å². The molecule has 0 fully saturated rings. The second-order valence-electron chi connectivity index (χ2n) is 5.71. The molecule has 0 saturated carbocycles. The molecule has 0 aliphatic rings. The van der Waals surface area contributed by atoms with Gasteiger partial charge in [-0.3, -0.25) is 0 Å². The number of hydrogen-bond donors (Lipinski definition) is 1. The summed E-state index contributed by atoms with van der Waals surface area (Å²) in [6.45, 7) is 8.11. The molecule has 1 aromatic carbocycles. The van der Waals surface area contributed by atoms with E-state index in [-0.39, 0.29) is 6.04 Å². The third-order valence-electron chi connectivity index (χ3n) is 3.31. The first-order chi connectivity index (χ1) is 9.13. The van der Waals surface area contributed by atoms with Gasteiger partial charge < -0.3 is 10.5 Å². The fraction of sp³-hybridized carbons (Fsp3) is 0.647. The Balaban J connectivity index is 2.26. The van der Waals surface area contributed by atoms with Crippen molar-refractivity contribution in [2.24, 2.45) is 11.7 Å². The van der Waals surface area contributed by atoms with Gasteiger partial charge in [0.25, 0.3) is 0 Å². The molecule has 2 nitrogen and oxygen atoms in total. The lowest BCUT2D eigenvalue weighted by Crippen LogP contribution is -2.17. The van der Waals surface area contributed by atoms with Gasteiger partial charge in [-0.15, -0.1) is 0 Å². The minimum atomic E-state index is -0.00488. The Morgan fingerprint density at radius 3 is 2.42 bits per heavy atom. The molecule has 19 heavy (non-hydrogen) atoms. The van der Waals surface area contributed by atoms with E-state index in [2.05, 4.69) is 45.0 Å². The number of aryl methyl sites for hydroxylation is 1. The summed E-state index contributed by atoms with van der Waals surface area (Å²) in [6, 6.07) is 8.62. The molecule has 0 bridgehead atoms. The molecule has 1 aromatic rings. The normalized spacial score (nSPS) is 12.9. The van der Waals surface area contributed by atoms with Crippen molar-refractivity contribution >= 4 is 0 Å². The molecule has 1 atom stereocenters. The lowest BCUT2D eigenvalue weighted by Gasteiger charge is -2.13. The smallest absolute Gasteiger partial charge is 0.0659 e. The summed E-state index contributed by atoms with van der Waals surface area (Å²) in [5.41, 5.74) is 8.69. The summed E-state index contributed by atoms with van der Waals surface area (Å²) in [5.74, 6) is 0.753. The summed E-state index contributed by atoms with van der Waals surface area (Å²) in [4.78, 5) is 0. The minimum Gasteiger partial charge on any atom is -0.379 e. The number of benzene rings is 1. The monoisotopic (exact) mass is 263 g/mol. The van der Waals surface area contributed by atoms with Crippen LogP contribution < -0.4 is 5.73 Å². The van der Waals surface area contributed by atoms with Gasteiger partial charge in [-0.2, -0.15) is 0 Å². The third kappa shape index (κ3) is 6.74. The van der Waals surface area contributed by atoms with E-state index in [0.29, 0.717) is 6.61 Å². The highest BCUT2D eigenvalue weighted by Gasteiger charge is 2.06. The lowest BCUT2D eigenvalue weighted by atomic mass is 10.0. The van der Waals surface area contributed by atoms with Crippen LogP contribution in [0.4, 0.5) is 0 Å². The minimum absolute atomic E-state index is 0.00488. The number of hydrogen-bond acceptors (Lipinski definition) is 2. The van der Waals surface area contributed by atoms with E-state index in [4.69, 9.17) is 10.5 Å². The van der Waals surface area contributed by atoms with Crippen LogP contribution in [0.15, 0.2) is 24.3 Å². The Labute approximate surface area is 118 Å². The molecule has 0 amide bonds. The first-order valence-corrected chi connectivity index (χ1v) is 7.55. The molecule has 0 radical (unpaired) electrons. The first kappa shape index (κ1) is 16.2. The quantitative estimate of drug-likeness (QED) is 0.681. The third-order valence-corrected chi connectivity index (χ3v) is 3.31. The van der Waals surface area contributed by atoms with Crippen LogP contribution in [-0.4, -0.2) is 13.2 Å². The molecular weight excluding hydrogens is 234 g/mol. The second-order valence-corrected chi connectivity index (χ2v) is 5.71. The highest BCUT2D eigenvalue weighted by Crippen LogP contribution is 2.13. The topological polar surface area (TPSA) is 35.2 Å². The van der Waals surface area contributed by atoms with Gasteiger partial charge in [0.1, 0.15) is 0 Å². The summed E-state index contributed by atoms with van der Waals surface area (Å²) >= 11 is 0. The Morgan fingerprint density at radius 1 is 1.16 bits per heavy atom. The molecule has 108 valence electrons. The Bertz CT molecular complexity index is 332. The van der Waals surface area contributed by atoms with Gasteiger partial charge in [0, 0.05) is 6.61 Å². The predicted octanol–water partition coefficient (Wildman–Crippen LogP) is 4.09. The van der Waals surface area contributed by atoms with Gasteiger partial charge in [-0.25, -0.2) is 0 Å². The summed E-state index contributed by atoms with van der Waals surface area (Å²) in [6.07, 6.45) is 4.67. The molecule has 2 heteroatoms. The maximum atomic E-state index is 6.14. The summed E-state index contributed by atoms with van der Waals surface area (Å²) < 4.78 is 5.65. The molecule has 1 rings (SSSR count). The molecule has 0 aliphatic carbocycles. The van der Waals surface area contributed by atoms with Gasteiger partial charge in [-0.1, -0.05) is 51.5 Å². The average Bonchev–Trinajstić information content (AvgIpc) is 2.39. The van der Waals surface area contributed by atoms with Crippen molar-refractivity contribution in [2.45, 2.75) is 52.5 Å². The van der Waals surface area contributed by atoms with E-state index in [0.717, 1.165) is 25.4 Å². The van der Waals surface area contributed by atoms with Crippen molar-refractivity contribution in [3.8, 4) is 0 Å². The van der Waals surface area contributed by atoms with Gasteiger partial charge >= 0.3 is 0 Å². The number of ether oxygens (including phenoxy) is 1. The molecule has 0 aromatic heterocycles. The van der Waals surface area contributed by atoms with Crippen LogP contribution in [-0.2, 0) is 11.2 Å². The van der Waals surface area contributed by atoms with Crippen molar-refractivity contribution in [2.75, 3.05) is 13.2 Å². The standard InChI is InChI=1S/C17H29NO/c1-4-6-15-8-10-16(11-9-15)17(18)13-19-12-5-7-14(2)3/h8-11,14,17H,4-7,12-13,18H2,1-3H3. The Morgan fingerprint density at radius 2 is 1.84 bits per heavy atom. The van der Waals surface area contributed by atoms with Crippen LogP contribution in [0.5, 0.6) is 0 Å². The second kappa shape index (κ2) is 9.11. The van der Waals surface area contributed by atoms with Crippen LogP contribution >= 0.6 is 0 Å². The zero-order valence-electron chi connectivity index (χ0n) is 12.7. The van der Waals surface area contributed by atoms with Crippen LogP contribution in [0.25, 0.3) is 0 Å². The van der Waals surface area contributed by atoms with Gasteiger partial charge in [-0.05, 0) is 36.3 Å². The van der Waals surface area contributed by atoms with Gasteiger partial charge in [0.2, 0.25) is 0 Å². The van der Waals surface area contributed by atoms with E-state index in [1.54, 1.807) is 0 Å². The Hall–Kier alpha value is -0.860. The van der Waals surface area contributed by atoms with Gasteiger partial charge in [0.05, 0.1) is 12.6 Å². The molecule has 1 unspecified atom stereocenters. The summed E-state index contributed by atoms with van der Waals surface area (Å²) in [7, 11) is 0. The molecule has 0 spiro atoms. The largest absolute Gasteiger partial charge is 0.379 e. The molecule has 0 saturated heterocycles. The van der Waals surface area contributed by atoms with Crippen molar-refractivity contribution in [1.29, 1.82) is 0 Å². The Kier molecular flexibility index (Phi) is 7.76. The number of rotatable bonds is 9. The van der Waals surface area contributed by atoms with E-state index < -0.39 is 0 Å². The van der Waals surface area contributed by atoms with Crippen molar-refractivity contribution < 1.29 is 4.74 Å². The molecule has 0 heterocycles. The average molecular weight is 263 g/mol. The lowest BCUT2D eigenvalue weighted by molar-refractivity contribution is 0.115. The maximum Gasteiger partial charge on any atom is 0.0659 e. The SMILES string of the molecule is CCCc1ccc(C(N)COCCCC(C)C)cc1. The predicted molar refractivity (Wildman–Crippen MR) is 82.3 cm³/mol.